The van der Waals surface area contributed by atoms with E-state index in [-0.39, 0.29) is 5.54 Å². The predicted octanol–water partition coefficient (Wildman–Crippen LogP) is 3.31. The van der Waals surface area contributed by atoms with Crippen LogP contribution in [0.2, 0.25) is 0 Å². The lowest BCUT2D eigenvalue weighted by molar-refractivity contribution is 0.470. The molecule has 0 amide bonds. The lowest BCUT2D eigenvalue weighted by atomic mass is 9.93. The molecule has 2 rings (SSSR count). The maximum Gasteiger partial charge on any atom is 0.0223 e. The first-order chi connectivity index (χ1) is 7.16. The molecule has 2 aromatic heterocycles. The summed E-state index contributed by atoms with van der Waals surface area (Å²) in [6, 6.07) is 8.48. The highest BCUT2D eigenvalue weighted by Crippen LogP contribution is 2.21. The van der Waals surface area contributed by atoms with E-state index in [2.05, 4.69) is 41.9 Å². The summed E-state index contributed by atoms with van der Waals surface area (Å²) < 4.78 is 0. The van der Waals surface area contributed by atoms with Gasteiger partial charge in [-0.2, -0.15) is 0 Å². The van der Waals surface area contributed by atoms with Gasteiger partial charge < -0.3 is 5.73 Å². The van der Waals surface area contributed by atoms with Crippen molar-refractivity contribution in [1.82, 2.24) is 0 Å². The van der Waals surface area contributed by atoms with Crippen LogP contribution in [0, 0.1) is 0 Å². The van der Waals surface area contributed by atoms with Gasteiger partial charge in [0, 0.05) is 15.3 Å². The minimum absolute atomic E-state index is 0.129. The summed E-state index contributed by atoms with van der Waals surface area (Å²) in [5.41, 5.74) is 6.18. The summed E-state index contributed by atoms with van der Waals surface area (Å²) in [6.45, 7) is 2.13. The molecule has 0 aromatic carbocycles. The highest BCUT2D eigenvalue weighted by Gasteiger charge is 2.20. The molecule has 0 aliphatic heterocycles. The molecule has 0 saturated heterocycles. The normalized spacial score (nSPS) is 11.9. The van der Waals surface area contributed by atoms with Crippen molar-refractivity contribution in [2.45, 2.75) is 25.3 Å². The van der Waals surface area contributed by atoms with Crippen molar-refractivity contribution in [2.75, 3.05) is 0 Å². The first-order valence-corrected chi connectivity index (χ1v) is 6.75. The van der Waals surface area contributed by atoms with Gasteiger partial charge in [-0.3, -0.25) is 0 Å². The van der Waals surface area contributed by atoms with E-state index in [1.54, 1.807) is 22.7 Å². The molecule has 2 N–H and O–H groups in total. The maximum atomic E-state index is 6.31. The quantitative estimate of drug-likeness (QED) is 0.867. The molecule has 0 fully saturated rings. The molecule has 0 spiro atoms. The van der Waals surface area contributed by atoms with E-state index in [0.29, 0.717) is 0 Å². The average molecular weight is 237 g/mol. The van der Waals surface area contributed by atoms with Crippen LogP contribution in [0.25, 0.3) is 0 Å². The molecule has 0 radical (unpaired) electrons. The van der Waals surface area contributed by atoms with Crippen LogP contribution in [0.3, 0.4) is 0 Å². The Hall–Kier alpha value is -0.640. The number of hydrogen-bond acceptors (Lipinski definition) is 3. The number of thiophene rings is 2. The Balaban J connectivity index is 2.01. The van der Waals surface area contributed by atoms with E-state index in [0.717, 1.165) is 12.8 Å². The van der Waals surface area contributed by atoms with Gasteiger partial charge >= 0.3 is 0 Å². The largest absolute Gasteiger partial charge is 0.325 e. The van der Waals surface area contributed by atoms with Crippen molar-refractivity contribution in [3.05, 3.63) is 44.8 Å². The first kappa shape index (κ1) is 10.9. The van der Waals surface area contributed by atoms with Crippen molar-refractivity contribution in [3.8, 4) is 0 Å². The van der Waals surface area contributed by atoms with E-state index in [9.17, 15) is 0 Å². The lowest BCUT2D eigenvalue weighted by Gasteiger charge is -2.23. The molecule has 1 nitrogen and oxygen atoms in total. The summed E-state index contributed by atoms with van der Waals surface area (Å²) in [4.78, 5) is 2.74. The topological polar surface area (TPSA) is 26.0 Å². The second-order valence-electron chi connectivity index (χ2n) is 4.17. The first-order valence-electron chi connectivity index (χ1n) is 4.99. The second kappa shape index (κ2) is 4.47. The third-order valence-electron chi connectivity index (χ3n) is 2.32. The molecular formula is C12H15NS2. The van der Waals surface area contributed by atoms with Gasteiger partial charge in [0.15, 0.2) is 0 Å². The van der Waals surface area contributed by atoms with Crippen molar-refractivity contribution >= 4 is 22.7 Å². The van der Waals surface area contributed by atoms with Gasteiger partial charge in [0.1, 0.15) is 0 Å². The minimum atomic E-state index is -0.129. The minimum Gasteiger partial charge on any atom is -0.325 e. The van der Waals surface area contributed by atoms with Crippen LogP contribution in [0.5, 0.6) is 0 Å². The van der Waals surface area contributed by atoms with E-state index in [1.807, 2.05) is 0 Å². The van der Waals surface area contributed by atoms with Gasteiger partial charge in [-0.05, 0) is 42.7 Å². The fraction of sp³-hybridized carbons (Fsp3) is 0.333. The lowest BCUT2D eigenvalue weighted by Crippen LogP contribution is -2.40. The molecular weight excluding hydrogens is 222 g/mol. The average Bonchev–Trinajstić information content (AvgIpc) is 2.75. The van der Waals surface area contributed by atoms with Crippen LogP contribution in [0.1, 0.15) is 16.7 Å². The summed E-state index contributed by atoms with van der Waals surface area (Å²) in [7, 11) is 0. The molecule has 2 heterocycles. The van der Waals surface area contributed by atoms with E-state index < -0.39 is 0 Å². The highest BCUT2D eigenvalue weighted by molar-refractivity contribution is 7.10. The molecule has 0 aliphatic rings. The Morgan fingerprint density at radius 1 is 1.07 bits per heavy atom. The van der Waals surface area contributed by atoms with Gasteiger partial charge in [-0.1, -0.05) is 12.1 Å². The van der Waals surface area contributed by atoms with Gasteiger partial charge in [0.05, 0.1) is 0 Å². The van der Waals surface area contributed by atoms with Gasteiger partial charge in [0.25, 0.3) is 0 Å². The van der Waals surface area contributed by atoms with E-state index in [4.69, 9.17) is 5.73 Å². The van der Waals surface area contributed by atoms with Crippen LogP contribution in [0.4, 0.5) is 0 Å². The zero-order valence-electron chi connectivity index (χ0n) is 8.77. The molecule has 0 unspecified atom stereocenters. The summed E-state index contributed by atoms with van der Waals surface area (Å²) in [5, 5.41) is 4.22. The Morgan fingerprint density at radius 2 is 1.53 bits per heavy atom. The highest BCUT2D eigenvalue weighted by atomic mass is 32.1. The van der Waals surface area contributed by atoms with Crippen molar-refractivity contribution in [2.24, 2.45) is 5.73 Å². The molecule has 0 bridgehead atoms. The molecule has 2 aromatic rings. The van der Waals surface area contributed by atoms with Crippen LogP contribution >= 0.6 is 22.7 Å². The SMILES string of the molecule is CC(N)(Cc1cccs1)Cc1cccs1. The molecule has 0 aliphatic carbocycles. The maximum absolute atomic E-state index is 6.31. The van der Waals surface area contributed by atoms with Gasteiger partial charge in [-0.15, -0.1) is 22.7 Å². The number of rotatable bonds is 4. The third-order valence-corrected chi connectivity index (χ3v) is 4.07. The Labute approximate surface area is 98.6 Å². The molecule has 15 heavy (non-hydrogen) atoms. The van der Waals surface area contributed by atoms with Crippen LogP contribution in [-0.2, 0) is 12.8 Å². The van der Waals surface area contributed by atoms with Crippen LogP contribution in [0.15, 0.2) is 35.0 Å². The van der Waals surface area contributed by atoms with Crippen molar-refractivity contribution in [1.29, 1.82) is 0 Å². The summed E-state index contributed by atoms with van der Waals surface area (Å²) in [5.74, 6) is 0. The molecule has 0 atom stereocenters. The van der Waals surface area contributed by atoms with Gasteiger partial charge in [-0.25, -0.2) is 0 Å². The smallest absolute Gasteiger partial charge is 0.0223 e. The van der Waals surface area contributed by atoms with Crippen molar-refractivity contribution < 1.29 is 0 Å². The molecule has 80 valence electrons. The zero-order valence-corrected chi connectivity index (χ0v) is 10.4. The monoisotopic (exact) mass is 237 g/mol. The van der Waals surface area contributed by atoms with Crippen LogP contribution < -0.4 is 5.73 Å². The number of hydrogen-bond donors (Lipinski definition) is 1. The van der Waals surface area contributed by atoms with Gasteiger partial charge in [0.2, 0.25) is 0 Å². The molecule has 0 saturated carbocycles. The fourth-order valence-corrected chi connectivity index (χ4v) is 3.49. The summed E-state index contributed by atoms with van der Waals surface area (Å²) >= 11 is 3.57. The van der Waals surface area contributed by atoms with Crippen LogP contribution in [-0.4, -0.2) is 5.54 Å². The Kier molecular flexibility index (Phi) is 3.24. The summed E-state index contributed by atoms with van der Waals surface area (Å²) in [6.07, 6.45) is 1.92. The standard InChI is InChI=1S/C12H15NS2/c1-12(13,8-10-4-2-6-14-10)9-11-5-3-7-15-11/h2-7H,8-9,13H2,1H3. The Morgan fingerprint density at radius 3 is 1.87 bits per heavy atom. The van der Waals surface area contributed by atoms with E-state index in [1.165, 1.54) is 9.75 Å². The zero-order chi connectivity index (χ0) is 10.7. The second-order valence-corrected chi connectivity index (χ2v) is 6.23. The third kappa shape index (κ3) is 3.16. The fourth-order valence-electron chi connectivity index (χ4n) is 1.68. The molecule has 3 heteroatoms. The number of nitrogens with two attached hydrogens (primary N) is 1. The van der Waals surface area contributed by atoms with Crippen molar-refractivity contribution in [3.63, 3.8) is 0 Å². The predicted molar refractivity (Wildman–Crippen MR) is 68.6 cm³/mol. The Bertz CT molecular complexity index is 349. The van der Waals surface area contributed by atoms with E-state index >= 15 is 0 Å².